The number of nitrogens with zero attached hydrogens (tertiary/aromatic N) is 1. The standard InChI is InChI=1S/C23H19FN2O2/c24-20-10-8-18(9-11-20)22(27)25-15-16-6-7-17-12-13-26(21(17)14-16)23(28)19-4-2-1-3-5-19/h1-11,14H,12-13,15H2,(H,25,27). The highest BCUT2D eigenvalue weighted by atomic mass is 19.1. The maximum Gasteiger partial charge on any atom is 0.258 e. The Labute approximate surface area is 162 Å². The summed E-state index contributed by atoms with van der Waals surface area (Å²) in [7, 11) is 0. The highest BCUT2D eigenvalue weighted by molar-refractivity contribution is 6.07. The van der Waals surface area contributed by atoms with E-state index in [0.29, 0.717) is 24.2 Å². The van der Waals surface area contributed by atoms with Crippen molar-refractivity contribution in [3.8, 4) is 0 Å². The van der Waals surface area contributed by atoms with E-state index in [1.54, 1.807) is 4.90 Å². The van der Waals surface area contributed by atoms with E-state index in [1.807, 2.05) is 48.5 Å². The van der Waals surface area contributed by atoms with Crippen molar-refractivity contribution < 1.29 is 14.0 Å². The van der Waals surface area contributed by atoms with Crippen LogP contribution in [0, 0.1) is 5.82 Å². The highest BCUT2D eigenvalue weighted by Crippen LogP contribution is 2.30. The molecule has 0 saturated carbocycles. The first-order valence-electron chi connectivity index (χ1n) is 9.14. The SMILES string of the molecule is O=C(NCc1ccc2c(c1)N(C(=O)c1ccccc1)CC2)c1ccc(F)cc1. The number of hydrogen-bond acceptors (Lipinski definition) is 2. The number of carbonyl (C=O) groups excluding carboxylic acids is 2. The van der Waals surface area contributed by atoms with Gasteiger partial charge in [-0.15, -0.1) is 0 Å². The van der Waals surface area contributed by atoms with Crippen LogP contribution in [0.3, 0.4) is 0 Å². The van der Waals surface area contributed by atoms with Crippen LogP contribution in [0.4, 0.5) is 10.1 Å². The first-order chi connectivity index (χ1) is 13.6. The van der Waals surface area contributed by atoms with E-state index in [4.69, 9.17) is 0 Å². The molecule has 140 valence electrons. The summed E-state index contributed by atoms with van der Waals surface area (Å²) >= 11 is 0. The molecular weight excluding hydrogens is 355 g/mol. The lowest BCUT2D eigenvalue weighted by Crippen LogP contribution is -2.29. The smallest absolute Gasteiger partial charge is 0.258 e. The number of nitrogens with one attached hydrogen (secondary N) is 1. The van der Waals surface area contributed by atoms with E-state index in [0.717, 1.165) is 23.2 Å². The molecule has 0 bridgehead atoms. The number of anilines is 1. The largest absolute Gasteiger partial charge is 0.348 e. The lowest BCUT2D eigenvalue weighted by atomic mass is 10.1. The molecule has 0 spiro atoms. The first-order valence-corrected chi connectivity index (χ1v) is 9.14. The van der Waals surface area contributed by atoms with E-state index < -0.39 is 0 Å². The molecule has 4 nitrogen and oxygen atoms in total. The molecule has 28 heavy (non-hydrogen) atoms. The molecule has 1 heterocycles. The molecule has 0 aromatic heterocycles. The maximum atomic E-state index is 13.0. The van der Waals surface area contributed by atoms with E-state index in [-0.39, 0.29) is 17.6 Å². The normalized spacial score (nSPS) is 12.5. The molecule has 0 saturated heterocycles. The van der Waals surface area contributed by atoms with Gasteiger partial charge in [0.15, 0.2) is 0 Å². The number of rotatable bonds is 4. The third kappa shape index (κ3) is 3.64. The molecule has 4 rings (SSSR count). The molecule has 2 amide bonds. The van der Waals surface area contributed by atoms with Gasteiger partial charge in [-0.3, -0.25) is 9.59 Å². The van der Waals surface area contributed by atoms with Crippen molar-refractivity contribution in [2.24, 2.45) is 0 Å². The van der Waals surface area contributed by atoms with Gasteiger partial charge in [0.2, 0.25) is 0 Å². The fraction of sp³-hybridized carbons (Fsp3) is 0.130. The lowest BCUT2D eigenvalue weighted by Gasteiger charge is -2.18. The van der Waals surface area contributed by atoms with Crippen molar-refractivity contribution in [2.45, 2.75) is 13.0 Å². The number of hydrogen-bond donors (Lipinski definition) is 1. The second-order valence-corrected chi connectivity index (χ2v) is 6.73. The Morgan fingerprint density at radius 3 is 2.43 bits per heavy atom. The molecule has 5 heteroatoms. The second kappa shape index (κ2) is 7.64. The van der Waals surface area contributed by atoms with E-state index in [1.165, 1.54) is 24.3 Å². The van der Waals surface area contributed by atoms with Gasteiger partial charge in [-0.25, -0.2) is 4.39 Å². The van der Waals surface area contributed by atoms with Crippen LogP contribution in [-0.2, 0) is 13.0 Å². The van der Waals surface area contributed by atoms with Gasteiger partial charge in [0.05, 0.1) is 0 Å². The molecular formula is C23H19FN2O2. The second-order valence-electron chi connectivity index (χ2n) is 6.73. The first kappa shape index (κ1) is 17.9. The van der Waals surface area contributed by atoms with Crippen LogP contribution in [0.25, 0.3) is 0 Å². The monoisotopic (exact) mass is 374 g/mol. The van der Waals surface area contributed by atoms with E-state index >= 15 is 0 Å². The lowest BCUT2D eigenvalue weighted by molar-refractivity contribution is 0.0949. The molecule has 0 fully saturated rings. The Morgan fingerprint density at radius 1 is 0.929 bits per heavy atom. The summed E-state index contributed by atoms with van der Waals surface area (Å²) in [5.41, 5.74) is 3.98. The molecule has 3 aromatic carbocycles. The molecule has 0 radical (unpaired) electrons. The third-order valence-corrected chi connectivity index (χ3v) is 4.87. The van der Waals surface area contributed by atoms with Crippen LogP contribution in [-0.4, -0.2) is 18.4 Å². The van der Waals surface area contributed by atoms with Gasteiger partial charge >= 0.3 is 0 Å². The van der Waals surface area contributed by atoms with Gasteiger partial charge in [0.25, 0.3) is 11.8 Å². The Bertz CT molecular complexity index is 1020. The van der Waals surface area contributed by atoms with Crippen LogP contribution in [0.5, 0.6) is 0 Å². The Morgan fingerprint density at radius 2 is 1.68 bits per heavy atom. The topological polar surface area (TPSA) is 49.4 Å². The van der Waals surface area contributed by atoms with Crippen molar-refractivity contribution in [3.63, 3.8) is 0 Å². The number of benzene rings is 3. The highest BCUT2D eigenvalue weighted by Gasteiger charge is 2.25. The Balaban J connectivity index is 1.48. The van der Waals surface area contributed by atoms with Crippen molar-refractivity contribution >= 4 is 17.5 Å². The number of halogens is 1. The average molecular weight is 374 g/mol. The van der Waals surface area contributed by atoms with Crippen LogP contribution < -0.4 is 10.2 Å². The van der Waals surface area contributed by atoms with Crippen LogP contribution in [0.2, 0.25) is 0 Å². The summed E-state index contributed by atoms with van der Waals surface area (Å²) in [6.07, 6.45) is 0.816. The van der Waals surface area contributed by atoms with Gasteiger partial charge in [-0.1, -0.05) is 30.3 Å². The minimum atomic E-state index is -0.377. The van der Waals surface area contributed by atoms with Crippen molar-refractivity contribution in [3.05, 3.63) is 101 Å². The summed E-state index contributed by atoms with van der Waals surface area (Å²) < 4.78 is 13.0. The number of amides is 2. The zero-order valence-electron chi connectivity index (χ0n) is 15.2. The van der Waals surface area contributed by atoms with Gasteiger partial charge < -0.3 is 10.2 Å². The minimum Gasteiger partial charge on any atom is -0.348 e. The van der Waals surface area contributed by atoms with Crippen LogP contribution in [0.15, 0.2) is 72.8 Å². The third-order valence-electron chi connectivity index (χ3n) is 4.87. The average Bonchev–Trinajstić information content (AvgIpc) is 3.16. The fourth-order valence-corrected chi connectivity index (χ4v) is 3.37. The molecule has 0 aliphatic carbocycles. The van der Waals surface area contributed by atoms with Gasteiger partial charge in [0.1, 0.15) is 5.82 Å². The van der Waals surface area contributed by atoms with E-state index in [9.17, 15) is 14.0 Å². The summed E-state index contributed by atoms with van der Waals surface area (Å²) in [6.45, 7) is 0.977. The predicted molar refractivity (Wildman–Crippen MR) is 106 cm³/mol. The predicted octanol–water partition coefficient (Wildman–Crippen LogP) is 3.96. The Kier molecular flexibility index (Phi) is 4.89. The number of carbonyl (C=O) groups is 2. The maximum absolute atomic E-state index is 13.0. The quantitative estimate of drug-likeness (QED) is 0.752. The van der Waals surface area contributed by atoms with Gasteiger partial charge in [0, 0.05) is 29.9 Å². The van der Waals surface area contributed by atoms with Crippen molar-refractivity contribution in [2.75, 3.05) is 11.4 Å². The van der Waals surface area contributed by atoms with Crippen LogP contribution >= 0.6 is 0 Å². The molecule has 1 aliphatic rings. The van der Waals surface area contributed by atoms with Crippen molar-refractivity contribution in [1.29, 1.82) is 0 Å². The number of fused-ring (bicyclic) bond motifs is 1. The van der Waals surface area contributed by atoms with E-state index in [2.05, 4.69) is 5.32 Å². The summed E-state index contributed by atoms with van der Waals surface area (Å²) in [5.74, 6) is -0.664. The van der Waals surface area contributed by atoms with Gasteiger partial charge in [-0.05, 0) is 60.0 Å². The Hall–Kier alpha value is -3.47. The summed E-state index contributed by atoms with van der Waals surface area (Å²) in [6, 6.07) is 20.6. The minimum absolute atomic E-state index is 0.0214. The summed E-state index contributed by atoms with van der Waals surface area (Å²) in [5, 5.41) is 2.84. The zero-order chi connectivity index (χ0) is 19.5. The fourth-order valence-electron chi connectivity index (χ4n) is 3.37. The molecule has 0 unspecified atom stereocenters. The molecule has 1 N–H and O–H groups in total. The van der Waals surface area contributed by atoms with Gasteiger partial charge in [-0.2, -0.15) is 0 Å². The molecule has 0 atom stereocenters. The zero-order valence-corrected chi connectivity index (χ0v) is 15.2. The van der Waals surface area contributed by atoms with Crippen LogP contribution in [0.1, 0.15) is 31.8 Å². The van der Waals surface area contributed by atoms with Crippen molar-refractivity contribution in [1.82, 2.24) is 5.32 Å². The molecule has 1 aliphatic heterocycles. The summed E-state index contributed by atoms with van der Waals surface area (Å²) in [4.78, 5) is 26.8. The molecule has 3 aromatic rings.